The Labute approximate surface area is 102 Å². The summed E-state index contributed by atoms with van der Waals surface area (Å²) in [6.45, 7) is 4.53. The van der Waals surface area contributed by atoms with Crippen LogP contribution in [0.3, 0.4) is 0 Å². The molecule has 1 saturated carbocycles. The van der Waals surface area contributed by atoms with Gasteiger partial charge in [0.05, 0.1) is 0 Å². The molecule has 0 aromatic carbocycles. The van der Waals surface area contributed by atoms with Gasteiger partial charge >= 0.3 is 0 Å². The summed E-state index contributed by atoms with van der Waals surface area (Å²) in [4.78, 5) is 1.19. The Morgan fingerprint density at radius 1 is 1.71 bits per heavy atom. The Morgan fingerprint density at radius 2 is 2.29 bits per heavy atom. The highest BCUT2D eigenvalue weighted by Crippen LogP contribution is 2.58. The van der Waals surface area contributed by atoms with Gasteiger partial charge < -0.3 is 5.73 Å². The molecule has 1 nitrogen and oxygen atoms in total. The lowest BCUT2D eigenvalue weighted by Crippen LogP contribution is -2.13. The molecule has 2 rings (SSSR count). The van der Waals surface area contributed by atoms with Crippen LogP contribution in [0.25, 0.3) is 0 Å². The molecule has 0 radical (unpaired) electrons. The summed E-state index contributed by atoms with van der Waals surface area (Å²) < 4.78 is 1.77. The highest BCUT2D eigenvalue weighted by molar-refractivity contribution is 9.10. The molecule has 1 aromatic rings. The maximum Gasteiger partial charge on any atom is 0.107 e. The van der Waals surface area contributed by atoms with Crippen LogP contribution < -0.4 is 5.73 Å². The Balaban J connectivity index is 2.16. The molecule has 1 aromatic heterocycles. The largest absolute Gasteiger partial charge is 0.323 e. The van der Waals surface area contributed by atoms with Crippen LogP contribution in [0.4, 0.5) is 0 Å². The second-order valence-corrected chi connectivity index (χ2v) is 7.14. The van der Waals surface area contributed by atoms with Crippen molar-refractivity contribution in [1.82, 2.24) is 0 Å². The van der Waals surface area contributed by atoms with Crippen molar-refractivity contribution in [2.75, 3.05) is 0 Å². The number of halogens is 2. The molecule has 4 heteroatoms. The lowest BCUT2D eigenvalue weighted by Gasteiger charge is -2.10. The van der Waals surface area contributed by atoms with E-state index in [0.29, 0.717) is 11.3 Å². The van der Waals surface area contributed by atoms with E-state index >= 15 is 0 Å². The Bertz CT molecular complexity index is 342. The normalized spacial score (nSPS) is 26.2. The molecule has 2 N–H and O–H groups in total. The number of hydrogen-bond donors (Lipinski definition) is 1. The van der Waals surface area contributed by atoms with E-state index in [2.05, 4.69) is 29.8 Å². The van der Waals surface area contributed by atoms with Crippen LogP contribution in [0.1, 0.15) is 31.2 Å². The summed E-state index contributed by atoms with van der Waals surface area (Å²) in [6, 6.07) is 2.20. The van der Waals surface area contributed by atoms with E-state index < -0.39 is 0 Å². The summed E-state index contributed by atoms with van der Waals surface area (Å²) >= 11 is 11.0. The van der Waals surface area contributed by atoms with Gasteiger partial charge in [-0.1, -0.05) is 25.4 Å². The molecular formula is C10H13BrClNS. The van der Waals surface area contributed by atoms with Gasteiger partial charge in [-0.25, -0.2) is 0 Å². The average molecular weight is 295 g/mol. The van der Waals surface area contributed by atoms with Gasteiger partial charge in [0.25, 0.3) is 0 Å². The minimum absolute atomic E-state index is 0.152. The lowest BCUT2D eigenvalue weighted by molar-refractivity contribution is 0.496. The van der Waals surface area contributed by atoms with Gasteiger partial charge in [-0.3, -0.25) is 0 Å². The molecule has 2 atom stereocenters. The van der Waals surface area contributed by atoms with Crippen LogP contribution >= 0.6 is 38.9 Å². The van der Waals surface area contributed by atoms with Crippen molar-refractivity contribution in [3.8, 4) is 0 Å². The summed E-state index contributed by atoms with van der Waals surface area (Å²) in [5, 5.41) is 0. The molecule has 0 spiro atoms. The van der Waals surface area contributed by atoms with E-state index in [1.807, 2.05) is 6.07 Å². The van der Waals surface area contributed by atoms with Crippen LogP contribution in [-0.4, -0.2) is 0 Å². The van der Waals surface area contributed by atoms with Gasteiger partial charge in [-0.2, -0.15) is 0 Å². The first kappa shape index (κ1) is 10.9. The second-order valence-electron chi connectivity index (χ2n) is 4.60. The topological polar surface area (TPSA) is 26.0 Å². The molecule has 1 heterocycles. The molecule has 78 valence electrons. The van der Waals surface area contributed by atoms with E-state index in [-0.39, 0.29) is 6.04 Å². The van der Waals surface area contributed by atoms with Gasteiger partial charge in [0, 0.05) is 15.4 Å². The van der Waals surface area contributed by atoms with Crippen molar-refractivity contribution in [2.24, 2.45) is 17.1 Å². The minimum atomic E-state index is 0.152. The fourth-order valence-electron chi connectivity index (χ4n) is 1.85. The third-order valence-corrected chi connectivity index (χ3v) is 5.59. The summed E-state index contributed by atoms with van der Waals surface area (Å²) in [6.07, 6.45) is 1.22. The summed E-state index contributed by atoms with van der Waals surface area (Å²) in [7, 11) is 0. The number of hydrogen-bond acceptors (Lipinski definition) is 2. The van der Waals surface area contributed by atoms with Crippen LogP contribution in [-0.2, 0) is 0 Å². The molecule has 14 heavy (non-hydrogen) atoms. The van der Waals surface area contributed by atoms with Gasteiger partial charge in [0.1, 0.15) is 4.34 Å². The van der Waals surface area contributed by atoms with E-state index in [0.717, 1.165) is 8.81 Å². The Hall–Kier alpha value is 0.430. The maximum absolute atomic E-state index is 6.19. The summed E-state index contributed by atoms with van der Waals surface area (Å²) in [5.74, 6) is 0.615. The maximum atomic E-state index is 6.19. The predicted molar refractivity (Wildman–Crippen MR) is 65.8 cm³/mol. The van der Waals surface area contributed by atoms with Crippen LogP contribution in [0.2, 0.25) is 4.34 Å². The molecular weight excluding hydrogens is 282 g/mol. The van der Waals surface area contributed by atoms with E-state index in [1.54, 1.807) is 11.3 Å². The molecule has 1 aliphatic carbocycles. The van der Waals surface area contributed by atoms with Crippen molar-refractivity contribution >= 4 is 38.9 Å². The fraction of sp³-hybridized carbons (Fsp3) is 0.600. The van der Waals surface area contributed by atoms with E-state index in [1.165, 1.54) is 11.3 Å². The van der Waals surface area contributed by atoms with Crippen LogP contribution in [0, 0.1) is 11.3 Å². The third kappa shape index (κ3) is 1.87. The van der Waals surface area contributed by atoms with Crippen LogP contribution in [0.5, 0.6) is 0 Å². The molecule has 0 amide bonds. The van der Waals surface area contributed by atoms with Crippen molar-refractivity contribution in [2.45, 2.75) is 26.3 Å². The van der Waals surface area contributed by atoms with Gasteiger partial charge in [-0.05, 0) is 39.8 Å². The first-order valence-electron chi connectivity index (χ1n) is 4.62. The Morgan fingerprint density at radius 3 is 2.64 bits per heavy atom. The SMILES string of the molecule is CC1(C)CC1C(N)c1cc(Br)c(Cl)s1. The van der Waals surface area contributed by atoms with Crippen molar-refractivity contribution in [3.05, 3.63) is 19.8 Å². The molecule has 0 saturated heterocycles. The van der Waals surface area contributed by atoms with E-state index in [4.69, 9.17) is 17.3 Å². The second kappa shape index (κ2) is 3.48. The molecule has 1 aliphatic rings. The smallest absolute Gasteiger partial charge is 0.107 e. The van der Waals surface area contributed by atoms with Gasteiger partial charge in [-0.15, -0.1) is 11.3 Å². The zero-order valence-corrected chi connectivity index (χ0v) is 11.3. The highest BCUT2D eigenvalue weighted by Gasteiger charge is 2.49. The molecule has 0 bridgehead atoms. The van der Waals surface area contributed by atoms with Crippen LogP contribution in [0.15, 0.2) is 10.5 Å². The molecule has 0 aliphatic heterocycles. The zero-order chi connectivity index (χ0) is 10.5. The van der Waals surface area contributed by atoms with Crippen molar-refractivity contribution in [1.29, 1.82) is 0 Å². The van der Waals surface area contributed by atoms with Gasteiger partial charge in [0.15, 0.2) is 0 Å². The molecule has 2 unspecified atom stereocenters. The van der Waals surface area contributed by atoms with Crippen molar-refractivity contribution < 1.29 is 0 Å². The quantitative estimate of drug-likeness (QED) is 0.869. The standard InChI is InChI=1S/C10H13BrClNS/c1-10(2)4-5(10)8(13)7-3-6(11)9(12)14-7/h3,5,8H,4,13H2,1-2H3. The van der Waals surface area contributed by atoms with Crippen molar-refractivity contribution in [3.63, 3.8) is 0 Å². The number of rotatable bonds is 2. The number of thiophene rings is 1. The molecule has 1 fully saturated rings. The zero-order valence-electron chi connectivity index (χ0n) is 8.18. The first-order chi connectivity index (χ1) is 6.42. The Kier molecular flexibility index (Phi) is 2.71. The monoisotopic (exact) mass is 293 g/mol. The van der Waals surface area contributed by atoms with E-state index in [9.17, 15) is 0 Å². The highest BCUT2D eigenvalue weighted by atomic mass is 79.9. The average Bonchev–Trinajstić information content (AvgIpc) is 2.59. The minimum Gasteiger partial charge on any atom is -0.323 e. The predicted octanol–water partition coefficient (Wildman–Crippen LogP) is 4.21. The lowest BCUT2D eigenvalue weighted by atomic mass is 10.0. The first-order valence-corrected chi connectivity index (χ1v) is 6.61. The summed E-state index contributed by atoms with van der Waals surface area (Å²) in [5.41, 5.74) is 6.61. The third-order valence-electron chi connectivity index (χ3n) is 3.02. The number of nitrogens with two attached hydrogens (primary N) is 1. The fourth-order valence-corrected chi connectivity index (χ4v) is 3.65. The van der Waals surface area contributed by atoms with Gasteiger partial charge in [0.2, 0.25) is 0 Å².